The summed E-state index contributed by atoms with van der Waals surface area (Å²) in [5, 5.41) is 7.55. The van der Waals surface area contributed by atoms with Gasteiger partial charge < -0.3 is 10.6 Å². The monoisotopic (exact) mass is 319 g/mol. The van der Waals surface area contributed by atoms with E-state index in [1.54, 1.807) is 0 Å². The second-order valence-corrected chi connectivity index (χ2v) is 6.16. The number of nitrogens with two attached hydrogens (primary N) is 1. The van der Waals surface area contributed by atoms with E-state index in [4.69, 9.17) is 0 Å². The Kier molecular flexibility index (Phi) is 4.92. The van der Waals surface area contributed by atoms with Gasteiger partial charge in [0, 0.05) is 11.3 Å². The van der Waals surface area contributed by atoms with Crippen molar-refractivity contribution in [1.29, 1.82) is 0 Å². The molecule has 122 valence electrons. The van der Waals surface area contributed by atoms with E-state index >= 15 is 0 Å². The summed E-state index contributed by atoms with van der Waals surface area (Å²) >= 11 is 0. The van der Waals surface area contributed by atoms with Gasteiger partial charge in [-0.05, 0) is 36.2 Å². The van der Waals surface area contributed by atoms with Gasteiger partial charge in [0.25, 0.3) is 5.91 Å². The van der Waals surface area contributed by atoms with Crippen LogP contribution in [0.3, 0.4) is 0 Å². The predicted octanol–water partition coefficient (Wildman–Crippen LogP) is 3.41. The lowest BCUT2D eigenvalue weighted by atomic mass is 10.00. The maximum Gasteiger partial charge on any atom is 0.279 e. The van der Waals surface area contributed by atoms with Crippen LogP contribution in [-0.2, 0) is 4.79 Å². The number of para-hydroxylation sites is 1. The fourth-order valence-electron chi connectivity index (χ4n) is 2.97. The molecule has 3 aromatic carbocycles. The standard InChI is InChI=1S/C21H22N2O/c1-15-8-3-6-13-20(15)23-21(24)14-22-16(2)18-12-7-10-17-9-4-5-11-19(17)18/h3-13,16,22H,14H2,1-2H3,(H,23,24)/p+1/t16-/m1/s1. The lowest BCUT2D eigenvalue weighted by Gasteiger charge is -2.14. The van der Waals surface area contributed by atoms with Crippen LogP contribution in [0.2, 0.25) is 0 Å². The van der Waals surface area contributed by atoms with Gasteiger partial charge in [-0.1, -0.05) is 60.7 Å². The summed E-state index contributed by atoms with van der Waals surface area (Å²) in [6, 6.07) is 22.8. The van der Waals surface area contributed by atoms with Crippen LogP contribution in [0.4, 0.5) is 5.69 Å². The SMILES string of the molecule is Cc1ccccc1NC(=O)C[NH2+][C@H](C)c1cccc2ccccc12. The summed E-state index contributed by atoms with van der Waals surface area (Å²) in [5.41, 5.74) is 3.22. The number of anilines is 1. The van der Waals surface area contributed by atoms with Gasteiger partial charge in [-0.25, -0.2) is 0 Å². The third-order valence-electron chi connectivity index (χ3n) is 4.39. The zero-order valence-corrected chi connectivity index (χ0v) is 14.1. The van der Waals surface area contributed by atoms with Crippen LogP contribution in [0, 0.1) is 6.92 Å². The highest BCUT2D eigenvalue weighted by molar-refractivity contribution is 5.92. The lowest BCUT2D eigenvalue weighted by molar-refractivity contribution is -0.682. The molecule has 3 nitrogen and oxygen atoms in total. The fourth-order valence-corrected chi connectivity index (χ4v) is 2.97. The van der Waals surface area contributed by atoms with Crippen molar-refractivity contribution in [2.45, 2.75) is 19.9 Å². The summed E-state index contributed by atoms with van der Waals surface area (Å²) in [5.74, 6) is 0.0244. The first-order chi connectivity index (χ1) is 11.6. The molecule has 0 aliphatic carbocycles. The summed E-state index contributed by atoms with van der Waals surface area (Å²) in [4.78, 5) is 12.2. The molecule has 0 saturated carbocycles. The molecular formula is C21H23N2O+. The number of nitrogens with one attached hydrogen (secondary N) is 1. The molecule has 0 aliphatic rings. The molecule has 0 aliphatic heterocycles. The zero-order chi connectivity index (χ0) is 16.9. The van der Waals surface area contributed by atoms with Crippen molar-refractivity contribution in [3.8, 4) is 0 Å². The van der Waals surface area contributed by atoms with Gasteiger partial charge in [-0.3, -0.25) is 4.79 Å². The van der Waals surface area contributed by atoms with E-state index in [2.05, 4.69) is 60.0 Å². The topological polar surface area (TPSA) is 45.7 Å². The highest BCUT2D eigenvalue weighted by Crippen LogP contribution is 2.22. The maximum absolute atomic E-state index is 12.2. The first kappa shape index (κ1) is 16.2. The van der Waals surface area contributed by atoms with E-state index in [1.807, 2.05) is 31.2 Å². The minimum atomic E-state index is 0.0244. The molecule has 0 aromatic heterocycles. The minimum Gasteiger partial charge on any atom is -0.332 e. The Hall–Kier alpha value is -2.65. The number of fused-ring (bicyclic) bond motifs is 1. The largest absolute Gasteiger partial charge is 0.332 e. The molecule has 1 atom stereocenters. The van der Waals surface area contributed by atoms with Crippen LogP contribution in [0.25, 0.3) is 10.8 Å². The van der Waals surface area contributed by atoms with E-state index in [1.165, 1.54) is 16.3 Å². The number of amides is 1. The second kappa shape index (κ2) is 7.28. The van der Waals surface area contributed by atoms with Crippen molar-refractivity contribution in [1.82, 2.24) is 0 Å². The Bertz CT molecular complexity index is 852. The van der Waals surface area contributed by atoms with Gasteiger partial charge >= 0.3 is 0 Å². The molecule has 0 bridgehead atoms. The summed E-state index contributed by atoms with van der Waals surface area (Å²) < 4.78 is 0. The highest BCUT2D eigenvalue weighted by Gasteiger charge is 2.14. The molecular weight excluding hydrogens is 296 g/mol. The molecule has 0 saturated heterocycles. The number of hydrogen-bond donors (Lipinski definition) is 2. The first-order valence-electron chi connectivity index (χ1n) is 8.31. The van der Waals surface area contributed by atoms with E-state index in [0.29, 0.717) is 6.54 Å². The molecule has 0 fully saturated rings. The Labute approximate surface area is 142 Å². The number of rotatable bonds is 5. The van der Waals surface area contributed by atoms with Crippen molar-refractivity contribution in [3.63, 3.8) is 0 Å². The van der Waals surface area contributed by atoms with Crippen molar-refractivity contribution in [2.24, 2.45) is 0 Å². The molecule has 3 aromatic rings. The van der Waals surface area contributed by atoms with E-state index in [9.17, 15) is 4.79 Å². The van der Waals surface area contributed by atoms with E-state index in [0.717, 1.165) is 11.3 Å². The summed E-state index contributed by atoms with van der Waals surface area (Å²) in [7, 11) is 0. The highest BCUT2D eigenvalue weighted by atomic mass is 16.1. The number of quaternary nitrogens is 1. The Morgan fingerprint density at radius 1 is 1.00 bits per heavy atom. The molecule has 3 rings (SSSR count). The Morgan fingerprint density at radius 3 is 2.54 bits per heavy atom. The average Bonchev–Trinajstić information content (AvgIpc) is 2.61. The Balaban J connectivity index is 1.65. The van der Waals surface area contributed by atoms with Gasteiger partial charge in [0.2, 0.25) is 0 Å². The molecule has 0 heterocycles. The minimum absolute atomic E-state index is 0.0244. The third kappa shape index (κ3) is 3.63. The maximum atomic E-state index is 12.2. The van der Waals surface area contributed by atoms with Crippen LogP contribution in [0.1, 0.15) is 24.1 Å². The molecule has 3 N–H and O–H groups in total. The van der Waals surface area contributed by atoms with E-state index in [-0.39, 0.29) is 11.9 Å². The van der Waals surface area contributed by atoms with Gasteiger partial charge in [-0.2, -0.15) is 0 Å². The van der Waals surface area contributed by atoms with Gasteiger partial charge in [-0.15, -0.1) is 0 Å². The molecule has 3 heteroatoms. The van der Waals surface area contributed by atoms with Crippen LogP contribution in [0.5, 0.6) is 0 Å². The zero-order valence-electron chi connectivity index (χ0n) is 14.1. The number of benzene rings is 3. The summed E-state index contributed by atoms with van der Waals surface area (Å²) in [6.45, 7) is 4.54. The van der Waals surface area contributed by atoms with Crippen LogP contribution in [-0.4, -0.2) is 12.5 Å². The molecule has 0 spiro atoms. The molecule has 0 radical (unpaired) electrons. The number of aryl methyl sites for hydroxylation is 1. The predicted molar refractivity (Wildman–Crippen MR) is 99.0 cm³/mol. The third-order valence-corrected chi connectivity index (χ3v) is 4.39. The number of carbonyl (C=O) groups is 1. The Morgan fingerprint density at radius 2 is 1.71 bits per heavy atom. The second-order valence-electron chi connectivity index (χ2n) is 6.16. The van der Waals surface area contributed by atoms with Crippen molar-refractivity contribution in [2.75, 3.05) is 11.9 Å². The molecule has 1 amide bonds. The van der Waals surface area contributed by atoms with Gasteiger partial charge in [0.15, 0.2) is 6.54 Å². The van der Waals surface area contributed by atoms with Crippen molar-refractivity contribution >= 4 is 22.4 Å². The lowest BCUT2D eigenvalue weighted by Crippen LogP contribution is -2.86. The van der Waals surface area contributed by atoms with Crippen LogP contribution in [0.15, 0.2) is 66.7 Å². The van der Waals surface area contributed by atoms with Crippen molar-refractivity contribution < 1.29 is 10.1 Å². The molecule has 0 unspecified atom stereocenters. The first-order valence-corrected chi connectivity index (χ1v) is 8.31. The quantitative estimate of drug-likeness (QED) is 0.744. The van der Waals surface area contributed by atoms with Crippen LogP contribution >= 0.6 is 0 Å². The normalized spacial score (nSPS) is 12.1. The average molecular weight is 319 g/mol. The smallest absolute Gasteiger partial charge is 0.279 e. The van der Waals surface area contributed by atoms with Crippen molar-refractivity contribution in [3.05, 3.63) is 77.9 Å². The van der Waals surface area contributed by atoms with Crippen LogP contribution < -0.4 is 10.6 Å². The number of hydrogen-bond acceptors (Lipinski definition) is 1. The molecule has 24 heavy (non-hydrogen) atoms. The summed E-state index contributed by atoms with van der Waals surface area (Å²) in [6.07, 6.45) is 0. The fraction of sp³-hybridized carbons (Fsp3) is 0.190. The van der Waals surface area contributed by atoms with E-state index < -0.39 is 0 Å². The van der Waals surface area contributed by atoms with Gasteiger partial charge in [0.1, 0.15) is 6.04 Å². The van der Waals surface area contributed by atoms with Gasteiger partial charge in [0.05, 0.1) is 0 Å². The number of carbonyl (C=O) groups excluding carboxylic acids is 1.